The lowest BCUT2D eigenvalue weighted by atomic mass is 10.1. The van der Waals surface area contributed by atoms with Gasteiger partial charge in [-0.2, -0.15) is 0 Å². The number of benzene rings is 1. The van der Waals surface area contributed by atoms with Gasteiger partial charge in [-0.05, 0) is 43.2 Å². The van der Waals surface area contributed by atoms with Crippen molar-refractivity contribution >= 4 is 17.9 Å². The average molecular weight is 293 g/mol. The number of hydrogen-bond acceptors (Lipinski definition) is 2. The summed E-state index contributed by atoms with van der Waals surface area (Å²) in [7, 11) is 0. The second-order valence-electron chi connectivity index (χ2n) is 4.45. The second kappa shape index (κ2) is 6.53. The van der Waals surface area contributed by atoms with E-state index >= 15 is 0 Å². The maximum atomic E-state index is 13.2. The summed E-state index contributed by atoms with van der Waals surface area (Å²) in [6.07, 6.45) is 6.45. The van der Waals surface area contributed by atoms with Crippen LogP contribution in [0.1, 0.15) is 30.1 Å². The van der Waals surface area contributed by atoms with E-state index in [2.05, 4.69) is 0 Å². The lowest BCUT2D eigenvalue weighted by molar-refractivity contribution is 0.112. The van der Waals surface area contributed by atoms with E-state index in [0.29, 0.717) is 34.8 Å². The first kappa shape index (κ1) is 14.5. The minimum Gasteiger partial charge on any atom is -0.457 e. The molecule has 1 aromatic carbocycles. The first-order chi connectivity index (χ1) is 9.60. The Balaban J connectivity index is 2.31. The molecule has 0 spiro atoms. The fraction of sp³-hybridized carbons (Fsp3) is 0.188. The molecule has 0 N–H and O–H groups in total. The van der Waals surface area contributed by atoms with Crippen molar-refractivity contribution in [3.8, 4) is 5.75 Å². The predicted octanol–water partition coefficient (Wildman–Crippen LogP) is 5.01. The van der Waals surface area contributed by atoms with Crippen LogP contribution in [0, 0.1) is 0 Å². The molecule has 2 nitrogen and oxygen atoms in total. The molecule has 0 saturated heterocycles. The van der Waals surface area contributed by atoms with Crippen molar-refractivity contribution in [2.75, 3.05) is 0 Å². The van der Waals surface area contributed by atoms with Crippen LogP contribution >= 0.6 is 11.6 Å². The Labute approximate surface area is 122 Å². The van der Waals surface area contributed by atoms with Gasteiger partial charge in [0.05, 0.1) is 5.56 Å². The summed E-state index contributed by atoms with van der Waals surface area (Å²) in [6.45, 7) is 1.84. The second-order valence-corrected chi connectivity index (χ2v) is 4.88. The number of ether oxygens (including phenoxy) is 1. The Hall–Kier alpha value is -1.87. The van der Waals surface area contributed by atoms with Gasteiger partial charge >= 0.3 is 0 Å². The molecule has 0 bridgehead atoms. The molecular formula is C16H14ClFO2. The van der Waals surface area contributed by atoms with Crippen molar-refractivity contribution in [1.82, 2.24) is 0 Å². The summed E-state index contributed by atoms with van der Waals surface area (Å²) in [5.41, 5.74) is 1.25. The Bertz CT molecular complexity index is 615. The van der Waals surface area contributed by atoms with Crippen LogP contribution in [0.3, 0.4) is 0 Å². The zero-order valence-corrected chi connectivity index (χ0v) is 11.8. The molecule has 0 heterocycles. The molecule has 0 radical (unpaired) electrons. The fourth-order valence-corrected chi connectivity index (χ4v) is 1.99. The molecule has 0 fully saturated rings. The Morgan fingerprint density at radius 3 is 2.85 bits per heavy atom. The molecule has 0 unspecified atom stereocenters. The number of carbonyl (C=O) groups excluding carboxylic acids is 1. The van der Waals surface area contributed by atoms with Gasteiger partial charge in [0.25, 0.3) is 0 Å². The monoisotopic (exact) mass is 292 g/mol. The van der Waals surface area contributed by atoms with Crippen molar-refractivity contribution < 1.29 is 13.9 Å². The van der Waals surface area contributed by atoms with Crippen LogP contribution in [0.15, 0.2) is 53.6 Å². The highest BCUT2D eigenvalue weighted by Crippen LogP contribution is 2.27. The Kier molecular flexibility index (Phi) is 4.74. The molecule has 20 heavy (non-hydrogen) atoms. The van der Waals surface area contributed by atoms with Gasteiger partial charge in [-0.15, -0.1) is 0 Å². The summed E-state index contributed by atoms with van der Waals surface area (Å²) in [5, 5.41) is 0.490. The predicted molar refractivity (Wildman–Crippen MR) is 77.7 cm³/mol. The Morgan fingerprint density at radius 1 is 1.30 bits per heavy atom. The van der Waals surface area contributed by atoms with Crippen LogP contribution in [-0.2, 0) is 0 Å². The van der Waals surface area contributed by atoms with Gasteiger partial charge in [0.2, 0.25) is 0 Å². The topological polar surface area (TPSA) is 26.3 Å². The minimum atomic E-state index is -0.156. The van der Waals surface area contributed by atoms with E-state index in [-0.39, 0.29) is 12.2 Å². The summed E-state index contributed by atoms with van der Waals surface area (Å²) >= 11 is 5.92. The van der Waals surface area contributed by atoms with E-state index in [9.17, 15) is 9.18 Å². The first-order valence-corrected chi connectivity index (χ1v) is 6.62. The van der Waals surface area contributed by atoms with Crippen molar-refractivity contribution in [3.63, 3.8) is 0 Å². The molecule has 2 rings (SSSR count). The van der Waals surface area contributed by atoms with Gasteiger partial charge in [0, 0.05) is 17.5 Å². The Morgan fingerprint density at radius 2 is 2.10 bits per heavy atom. The van der Waals surface area contributed by atoms with Crippen LogP contribution in [-0.4, -0.2) is 6.29 Å². The number of hydrogen-bond donors (Lipinski definition) is 0. The third-order valence-electron chi connectivity index (χ3n) is 2.96. The van der Waals surface area contributed by atoms with E-state index in [0.717, 1.165) is 5.57 Å². The lowest BCUT2D eigenvalue weighted by Gasteiger charge is -2.14. The van der Waals surface area contributed by atoms with Crippen LogP contribution in [0.2, 0.25) is 5.02 Å². The zero-order chi connectivity index (χ0) is 14.5. The molecule has 1 aromatic rings. The highest BCUT2D eigenvalue weighted by Gasteiger charge is 2.10. The van der Waals surface area contributed by atoms with E-state index in [1.54, 1.807) is 30.4 Å². The normalized spacial score (nSPS) is 18.1. The minimum absolute atomic E-state index is 0.156. The summed E-state index contributed by atoms with van der Waals surface area (Å²) in [4.78, 5) is 11.0. The highest BCUT2D eigenvalue weighted by molar-refractivity contribution is 6.30. The summed E-state index contributed by atoms with van der Waals surface area (Å²) in [5.74, 6) is 0.853. The summed E-state index contributed by atoms with van der Waals surface area (Å²) in [6, 6.07) is 4.83. The van der Waals surface area contributed by atoms with Crippen molar-refractivity contribution in [2.24, 2.45) is 0 Å². The molecule has 1 aliphatic carbocycles. The number of allylic oxidation sites excluding steroid dienone is 5. The highest BCUT2D eigenvalue weighted by atomic mass is 35.5. The van der Waals surface area contributed by atoms with Crippen molar-refractivity contribution in [1.29, 1.82) is 0 Å². The number of rotatable bonds is 3. The average Bonchev–Trinajstić information content (AvgIpc) is 2.42. The van der Waals surface area contributed by atoms with Crippen LogP contribution in [0.4, 0.5) is 4.39 Å². The van der Waals surface area contributed by atoms with Gasteiger partial charge in [0.1, 0.15) is 17.3 Å². The molecular weight excluding hydrogens is 279 g/mol. The molecule has 0 amide bonds. The van der Waals surface area contributed by atoms with Gasteiger partial charge in [-0.3, -0.25) is 4.79 Å². The smallest absolute Gasteiger partial charge is 0.153 e. The van der Waals surface area contributed by atoms with E-state index in [1.165, 1.54) is 6.08 Å². The van der Waals surface area contributed by atoms with Crippen LogP contribution in [0.25, 0.3) is 0 Å². The van der Waals surface area contributed by atoms with Crippen LogP contribution < -0.4 is 4.74 Å². The standard InChI is InChI=1S/C16H14ClFO2/c1-11-5-8-14(18)3-2-4-15(11)20-16-9-13(17)7-6-12(16)10-19/h3-7,9-10H,2,8H2,1H3/b11-5?,14-3+,15-4?. The largest absolute Gasteiger partial charge is 0.457 e. The first-order valence-electron chi connectivity index (χ1n) is 6.24. The van der Waals surface area contributed by atoms with Gasteiger partial charge in [0.15, 0.2) is 6.29 Å². The van der Waals surface area contributed by atoms with E-state index in [4.69, 9.17) is 16.3 Å². The SMILES string of the molecule is CC1=CC/C(F)=C\CC=C1Oc1cc(Cl)ccc1C=O. The molecule has 1 aliphatic rings. The van der Waals surface area contributed by atoms with Crippen molar-refractivity contribution in [2.45, 2.75) is 19.8 Å². The molecule has 0 saturated carbocycles. The number of aldehydes is 1. The van der Waals surface area contributed by atoms with Crippen molar-refractivity contribution in [3.05, 3.63) is 64.2 Å². The zero-order valence-electron chi connectivity index (χ0n) is 11.0. The van der Waals surface area contributed by atoms with Gasteiger partial charge < -0.3 is 4.74 Å². The van der Waals surface area contributed by atoms with E-state index < -0.39 is 0 Å². The molecule has 0 aromatic heterocycles. The molecule has 0 atom stereocenters. The summed E-state index contributed by atoms with van der Waals surface area (Å²) < 4.78 is 19.0. The fourth-order valence-electron chi connectivity index (χ4n) is 1.82. The molecule has 4 heteroatoms. The van der Waals surface area contributed by atoms with Gasteiger partial charge in [-0.1, -0.05) is 17.7 Å². The molecule has 0 aliphatic heterocycles. The maximum Gasteiger partial charge on any atom is 0.153 e. The third-order valence-corrected chi connectivity index (χ3v) is 3.19. The lowest BCUT2D eigenvalue weighted by Crippen LogP contribution is -2.01. The van der Waals surface area contributed by atoms with Gasteiger partial charge in [-0.25, -0.2) is 4.39 Å². The maximum absolute atomic E-state index is 13.2. The van der Waals surface area contributed by atoms with E-state index in [1.807, 2.05) is 6.92 Å². The van der Waals surface area contributed by atoms with Crippen LogP contribution in [0.5, 0.6) is 5.75 Å². The number of carbonyl (C=O) groups is 1. The third kappa shape index (κ3) is 3.58. The quantitative estimate of drug-likeness (QED) is 0.732. The molecule has 104 valence electrons. The number of halogens is 2.